The van der Waals surface area contributed by atoms with Crippen LogP contribution >= 0.6 is 12.2 Å². The molecule has 0 aliphatic rings. The molecule has 0 saturated heterocycles. The summed E-state index contributed by atoms with van der Waals surface area (Å²) in [6.45, 7) is 0.998. The van der Waals surface area contributed by atoms with Crippen LogP contribution in [0.3, 0.4) is 0 Å². The Kier molecular flexibility index (Phi) is 5.35. The Morgan fingerprint density at radius 2 is 2.28 bits per heavy atom. The van der Waals surface area contributed by atoms with Gasteiger partial charge >= 0.3 is 6.18 Å². The molecule has 102 valence electrons. The lowest BCUT2D eigenvalue weighted by molar-refractivity contribution is -0.182. The largest absolute Gasteiger partial charge is 0.411 e. The number of hydrogen-bond donors (Lipinski definition) is 2. The minimum atomic E-state index is -4.33. The molecule has 0 amide bonds. The van der Waals surface area contributed by atoms with Crippen LogP contribution in [0.25, 0.3) is 0 Å². The van der Waals surface area contributed by atoms with E-state index in [1.54, 1.807) is 0 Å². The number of anilines is 1. The molecule has 18 heavy (non-hydrogen) atoms. The van der Waals surface area contributed by atoms with Crippen molar-refractivity contribution in [1.82, 2.24) is 15.1 Å². The summed E-state index contributed by atoms with van der Waals surface area (Å²) in [5.74, 6) is 0. The third kappa shape index (κ3) is 5.82. The Hall–Kier alpha value is -1.35. The standard InChI is InChI=1S/C9H13F3N4OS/c1-2-13-8(18)15-7-3-14-16(4-7)6-17-5-9(10,11)12/h3-4H,2,5-6H2,1H3,(H2,13,15,18). The fraction of sp³-hybridized carbons (Fsp3) is 0.556. The number of rotatable bonds is 5. The van der Waals surface area contributed by atoms with Gasteiger partial charge in [0, 0.05) is 6.54 Å². The first-order valence-corrected chi connectivity index (χ1v) is 5.53. The van der Waals surface area contributed by atoms with E-state index >= 15 is 0 Å². The van der Waals surface area contributed by atoms with Crippen LogP contribution in [-0.4, -0.2) is 34.2 Å². The maximum absolute atomic E-state index is 11.8. The highest BCUT2D eigenvalue weighted by atomic mass is 32.1. The van der Waals surface area contributed by atoms with Crippen LogP contribution in [0, 0.1) is 0 Å². The van der Waals surface area contributed by atoms with Crippen molar-refractivity contribution in [3.8, 4) is 0 Å². The van der Waals surface area contributed by atoms with Gasteiger partial charge < -0.3 is 15.4 Å². The van der Waals surface area contributed by atoms with E-state index in [0.717, 1.165) is 0 Å². The second kappa shape index (κ2) is 6.55. The van der Waals surface area contributed by atoms with Gasteiger partial charge in [-0.3, -0.25) is 0 Å². The topological polar surface area (TPSA) is 51.1 Å². The zero-order valence-electron chi connectivity index (χ0n) is 9.62. The molecule has 1 heterocycles. The van der Waals surface area contributed by atoms with E-state index in [-0.39, 0.29) is 6.73 Å². The average Bonchev–Trinajstić information content (AvgIpc) is 2.64. The Morgan fingerprint density at radius 3 is 2.89 bits per heavy atom. The molecule has 0 fully saturated rings. The molecule has 1 aromatic rings. The van der Waals surface area contributed by atoms with Gasteiger partial charge in [0.1, 0.15) is 13.3 Å². The summed E-state index contributed by atoms with van der Waals surface area (Å²) < 4.78 is 41.2. The molecule has 0 atom stereocenters. The Labute approximate surface area is 107 Å². The lowest BCUT2D eigenvalue weighted by Gasteiger charge is -2.07. The van der Waals surface area contributed by atoms with Crippen LogP contribution in [-0.2, 0) is 11.5 Å². The molecular weight excluding hydrogens is 269 g/mol. The van der Waals surface area contributed by atoms with Crippen molar-refractivity contribution in [1.29, 1.82) is 0 Å². The number of halogens is 3. The average molecular weight is 282 g/mol. The first kappa shape index (κ1) is 14.7. The van der Waals surface area contributed by atoms with Gasteiger partial charge in [-0.2, -0.15) is 18.3 Å². The van der Waals surface area contributed by atoms with E-state index in [1.807, 2.05) is 6.92 Å². The van der Waals surface area contributed by atoms with Gasteiger partial charge in [-0.1, -0.05) is 0 Å². The highest BCUT2D eigenvalue weighted by Crippen LogP contribution is 2.14. The second-order valence-electron chi connectivity index (χ2n) is 3.35. The van der Waals surface area contributed by atoms with Crippen LogP contribution < -0.4 is 10.6 Å². The number of aromatic nitrogens is 2. The minimum absolute atomic E-state index is 0.269. The molecule has 0 spiro atoms. The lowest BCUT2D eigenvalue weighted by atomic mass is 10.6. The number of thiocarbonyl (C=S) groups is 1. The summed E-state index contributed by atoms with van der Waals surface area (Å²) in [7, 11) is 0. The molecule has 0 unspecified atom stereocenters. The Balaban J connectivity index is 2.37. The third-order valence-electron chi connectivity index (χ3n) is 1.72. The summed E-state index contributed by atoms with van der Waals surface area (Å²) in [5.41, 5.74) is 0.580. The van der Waals surface area contributed by atoms with Crippen molar-refractivity contribution in [2.75, 3.05) is 18.5 Å². The van der Waals surface area contributed by atoms with E-state index in [2.05, 4.69) is 20.5 Å². The molecular formula is C9H13F3N4OS. The molecule has 0 bridgehead atoms. The smallest absolute Gasteiger partial charge is 0.363 e. The SMILES string of the molecule is CCNC(=S)Nc1cnn(COCC(F)(F)F)c1. The van der Waals surface area contributed by atoms with E-state index in [9.17, 15) is 13.2 Å². The fourth-order valence-corrected chi connectivity index (χ4v) is 1.35. The maximum Gasteiger partial charge on any atom is 0.411 e. The zero-order chi connectivity index (χ0) is 13.6. The van der Waals surface area contributed by atoms with Crippen molar-refractivity contribution >= 4 is 23.0 Å². The number of nitrogens with zero attached hydrogens (tertiary/aromatic N) is 2. The zero-order valence-corrected chi connectivity index (χ0v) is 10.4. The summed E-state index contributed by atoms with van der Waals surface area (Å²) in [6, 6.07) is 0. The van der Waals surface area contributed by atoms with Crippen molar-refractivity contribution in [3.63, 3.8) is 0 Å². The molecule has 1 aromatic heterocycles. The van der Waals surface area contributed by atoms with E-state index in [4.69, 9.17) is 12.2 Å². The number of hydrogen-bond acceptors (Lipinski definition) is 3. The predicted molar refractivity (Wildman–Crippen MR) is 64.1 cm³/mol. The van der Waals surface area contributed by atoms with Crippen LogP contribution in [0.4, 0.5) is 18.9 Å². The first-order valence-electron chi connectivity index (χ1n) is 5.12. The quantitative estimate of drug-likeness (QED) is 0.805. The molecule has 0 saturated carbocycles. The summed E-state index contributed by atoms with van der Waals surface area (Å²) >= 11 is 4.94. The van der Waals surface area contributed by atoms with Crippen LogP contribution in [0.15, 0.2) is 12.4 Å². The van der Waals surface area contributed by atoms with Crippen molar-refractivity contribution < 1.29 is 17.9 Å². The van der Waals surface area contributed by atoms with Gasteiger partial charge in [-0.05, 0) is 19.1 Å². The first-order chi connectivity index (χ1) is 8.40. The van der Waals surface area contributed by atoms with Crippen molar-refractivity contribution in [2.24, 2.45) is 0 Å². The van der Waals surface area contributed by atoms with Crippen LogP contribution in [0.5, 0.6) is 0 Å². The molecule has 0 aliphatic heterocycles. The normalized spacial score (nSPS) is 11.3. The Morgan fingerprint density at radius 1 is 1.56 bits per heavy atom. The van der Waals surface area contributed by atoms with Gasteiger partial charge in [0.15, 0.2) is 5.11 Å². The van der Waals surface area contributed by atoms with Crippen LogP contribution in [0.1, 0.15) is 6.92 Å². The molecule has 0 aromatic carbocycles. The van der Waals surface area contributed by atoms with Crippen LogP contribution in [0.2, 0.25) is 0 Å². The molecule has 0 radical (unpaired) electrons. The molecule has 2 N–H and O–H groups in total. The fourth-order valence-electron chi connectivity index (χ4n) is 1.09. The highest BCUT2D eigenvalue weighted by molar-refractivity contribution is 7.80. The summed E-state index contributed by atoms with van der Waals surface area (Å²) in [6.07, 6.45) is -1.39. The number of nitrogens with one attached hydrogen (secondary N) is 2. The monoisotopic (exact) mass is 282 g/mol. The van der Waals surface area contributed by atoms with E-state index < -0.39 is 12.8 Å². The molecule has 5 nitrogen and oxygen atoms in total. The third-order valence-corrected chi connectivity index (χ3v) is 1.96. The predicted octanol–water partition coefficient (Wildman–Crippen LogP) is 1.73. The molecule has 9 heteroatoms. The van der Waals surface area contributed by atoms with E-state index in [0.29, 0.717) is 17.3 Å². The maximum atomic E-state index is 11.8. The minimum Gasteiger partial charge on any atom is -0.363 e. The van der Waals surface area contributed by atoms with Gasteiger partial charge in [0.25, 0.3) is 0 Å². The van der Waals surface area contributed by atoms with Gasteiger partial charge in [0.2, 0.25) is 0 Å². The second-order valence-corrected chi connectivity index (χ2v) is 3.75. The highest BCUT2D eigenvalue weighted by Gasteiger charge is 2.27. The summed E-state index contributed by atoms with van der Waals surface area (Å²) in [4.78, 5) is 0. The van der Waals surface area contributed by atoms with Crippen molar-refractivity contribution in [3.05, 3.63) is 12.4 Å². The number of ether oxygens (including phenoxy) is 1. The Bertz CT molecular complexity index is 393. The molecule has 0 aliphatic carbocycles. The number of alkyl halides is 3. The van der Waals surface area contributed by atoms with Gasteiger partial charge in [-0.15, -0.1) is 0 Å². The van der Waals surface area contributed by atoms with Gasteiger partial charge in [-0.25, -0.2) is 4.68 Å². The van der Waals surface area contributed by atoms with Crippen molar-refractivity contribution in [2.45, 2.75) is 19.8 Å². The molecule has 1 rings (SSSR count). The van der Waals surface area contributed by atoms with Gasteiger partial charge in [0.05, 0.1) is 18.1 Å². The lowest BCUT2D eigenvalue weighted by Crippen LogP contribution is -2.27. The summed E-state index contributed by atoms with van der Waals surface area (Å²) in [5, 5.41) is 9.95. The van der Waals surface area contributed by atoms with E-state index in [1.165, 1.54) is 17.1 Å².